The lowest BCUT2D eigenvalue weighted by atomic mass is 10.2. The second-order valence-corrected chi connectivity index (χ2v) is 6.94. The fourth-order valence-corrected chi connectivity index (χ4v) is 3.06. The molecule has 2 rings (SSSR count). The van der Waals surface area contributed by atoms with Gasteiger partial charge >= 0.3 is 11.9 Å². The van der Waals surface area contributed by atoms with Gasteiger partial charge in [0.15, 0.2) is 0 Å². The number of rotatable bonds is 2. The maximum Gasteiger partial charge on any atom is 0.337 e. The highest BCUT2D eigenvalue weighted by molar-refractivity contribution is 14.1. The number of carbonyl (C=O) groups is 2. The topological polar surface area (TPSA) is 94.8 Å². The number of phenols is 1. The molecule has 0 amide bonds. The van der Waals surface area contributed by atoms with E-state index in [0.29, 0.717) is 8.59 Å². The van der Waals surface area contributed by atoms with Crippen molar-refractivity contribution in [2.75, 3.05) is 0 Å². The number of aromatic carboxylic acids is 2. The minimum Gasteiger partial charge on any atom is -0.506 e. The molecule has 5 nitrogen and oxygen atoms in total. The lowest BCUT2D eigenvalue weighted by Crippen LogP contribution is -1.98. The van der Waals surface area contributed by atoms with Crippen molar-refractivity contribution in [3.05, 3.63) is 59.1 Å². The minimum atomic E-state index is -1.22. The zero-order valence-corrected chi connectivity index (χ0v) is 16.5. The van der Waals surface area contributed by atoms with Crippen molar-refractivity contribution < 1.29 is 24.9 Å². The number of hydrogen-bond acceptors (Lipinski definition) is 3. The van der Waals surface area contributed by atoms with Gasteiger partial charge in [0.05, 0.1) is 21.2 Å². The van der Waals surface area contributed by atoms with E-state index >= 15 is 0 Å². The Labute approximate surface area is 169 Å². The second kappa shape index (κ2) is 8.96. The monoisotopic (exact) mass is 522 g/mol. The van der Waals surface area contributed by atoms with Gasteiger partial charge in [0.1, 0.15) is 5.75 Å². The normalized spacial score (nSPS) is 9.88. The van der Waals surface area contributed by atoms with Crippen molar-refractivity contribution in [3.8, 4) is 5.75 Å². The van der Waals surface area contributed by atoms with Crippen molar-refractivity contribution in [1.82, 2.24) is 0 Å². The Morgan fingerprint density at radius 3 is 1.67 bits per heavy atom. The van der Waals surface area contributed by atoms with Crippen LogP contribution in [0.3, 0.4) is 0 Å². The van der Waals surface area contributed by atoms with Crippen LogP contribution in [0.25, 0.3) is 0 Å². The van der Waals surface area contributed by atoms with E-state index in [1.165, 1.54) is 18.2 Å². The summed E-state index contributed by atoms with van der Waals surface area (Å²) >= 11 is 24.2. The Bertz CT molecular complexity index is 743. The zero-order valence-electron chi connectivity index (χ0n) is 11.4. The van der Waals surface area contributed by atoms with Crippen LogP contribution in [-0.4, -0.2) is 27.3 Å². The van der Waals surface area contributed by atoms with E-state index in [-0.39, 0.29) is 31.9 Å². The quantitative estimate of drug-likeness (QED) is 0.347. The van der Waals surface area contributed by atoms with Crippen molar-refractivity contribution in [2.45, 2.75) is 0 Å². The molecule has 2 aromatic rings. The van der Waals surface area contributed by atoms with Gasteiger partial charge in [0.2, 0.25) is 0 Å². The van der Waals surface area contributed by atoms with Crippen molar-refractivity contribution in [1.29, 1.82) is 0 Å². The third kappa shape index (κ3) is 5.56. The lowest BCUT2D eigenvalue weighted by Gasteiger charge is -2.01. The van der Waals surface area contributed by atoms with Crippen LogP contribution in [0.5, 0.6) is 5.75 Å². The van der Waals surface area contributed by atoms with Crippen LogP contribution in [0.4, 0.5) is 0 Å². The summed E-state index contributed by atoms with van der Waals surface area (Å²) in [5, 5.41) is 26.8. The standard InChI is InChI=1S/C7H3Cl2IO2.C7H4Cl2O3/c2*8-3-1-4(7(11)12)6(9)5(10)2-3/h1-2H,(H,11,12);1-2,10H,(H,11,12). The molecule has 0 aliphatic carbocycles. The van der Waals surface area contributed by atoms with Gasteiger partial charge in [-0.2, -0.15) is 0 Å². The van der Waals surface area contributed by atoms with Gasteiger partial charge in [-0.15, -0.1) is 0 Å². The molecule has 2 aromatic carbocycles. The zero-order chi connectivity index (χ0) is 18.6. The van der Waals surface area contributed by atoms with Crippen LogP contribution in [0.1, 0.15) is 20.7 Å². The molecular formula is C14H7Cl4IO5. The summed E-state index contributed by atoms with van der Waals surface area (Å²) in [6, 6.07) is 5.29. The first-order valence-electron chi connectivity index (χ1n) is 5.83. The number of halogens is 5. The van der Waals surface area contributed by atoms with E-state index in [0.717, 1.165) is 0 Å². The molecule has 0 unspecified atom stereocenters. The summed E-state index contributed by atoms with van der Waals surface area (Å²) in [5.74, 6) is -2.63. The molecule has 0 bridgehead atoms. The first-order chi connectivity index (χ1) is 11.0. The predicted molar refractivity (Wildman–Crippen MR) is 101 cm³/mol. The molecule has 3 N–H and O–H groups in total. The molecule has 0 aliphatic heterocycles. The van der Waals surface area contributed by atoms with Gasteiger partial charge in [-0.25, -0.2) is 9.59 Å². The maximum atomic E-state index is 10.6. The summed E-state index contributed by atoms with van der Waals surface area (Å²) in [4.78, 5) is 21.1. The predicted octanol–water partition coefficient (Wildman–Crippen LogP) is 5.69. The molecule has 0 saturated carbocycles. The minimum absolute atomic E-state index is 0.0357. The number of carboxylic acid groups (broad SMARTS) is 2. The number of carboxylic acids is 2. The molecule has 0 atom stereocenters. The van der Waals surface area contributed by atoms with Crippen LogP contribution in [-0.2, 0) is 0 Å². The maximum absolute atomic E-state index is 10.6. The fourth-order valence-electron chi connectivity index (χ4n) is 1.44. The molecule has 0 saturated heterocycles. The highest BCUT2D eigenvalue weighted by Gasteiger charge is 2.13. The van der Waals surface area contributed by atoms with Crippen molar-refractivity contribution >= 4 is 80.9 Å². The lowest BCUT2D eigenvalue weighted by molar-refractivity contribution is 0.0686. The first kappa shape index (κ1) is 21.1. The largest absolute Gasteiger partial charge is 0.506 e. The second-order valence-electron chi connectivity index (χ2n) is 4.15. The Balaban J connectivity index is 0.000000240. The van der Waals surface area contributed by atoms with E-state index in [4.69, 9.17) is 61.7 Å². The molecule has 0 radical (unpaired) electrons. The van der Waals surface area contributed by atoms with Gasteiger partial charge in [0, 0.05) is 19.7 Å². The number of benzene rings is 2. The average molecular weight is 524 g/mol. The molecule has 24 heavy (non-hydrogen) atoms. The van der Waals surface area contributed by atoms with E-state index in [1.54, 1.807) is 6.07 Å². The number of hydrogen-bond donors (Lipinski definition) is 3. The molecule has 0 fully saturated rings. The molecule has 10 heteroatoms. The third-order valence-corrected chi connectivity index (χ3v) is 4.88. The number of phenolic OH excluding ortho intramolecular Hbond substituents is 1. The Kier molecular flexibility index (Phi) is 7.88. The van der Waals surface area contributed by atoms with Crippen LogP contribution in [0.2, 0.25) is 20.1 Å². The van der Waals surface area contributed by atoms with Crippen LogP contribution in [0, 0.1) is 3.57 Å². The Morgan fingerprint density at radius 2 is 1.21 bits per heavy atom. The summed E-state index contributed by atoms with van der Waals surface area (Å²) in [6.45, 7) is 0. The van der Waals surface area contributed by atoms with Crippen LogP contribution in [0.15, 0.2) is 24.3 Å². The van der Waals surface area contributed by atoms with Crippen LogP contribution < -0.4 is 0 Å². The van der Waals surface area contributed by atoms with E-state index in [1.807, 2.05) is 22.6 Å². The highest BCUT2D eigenvalue weighted by Crippen LogP contribution is 2.30. The van der Waals surface area contributed by atoms with Gasteiger partial charge < -0.3 is 15.3 Å². The van der Waals surface area contributed by atoms with Crippen molar-refractivity contribution in [3.63, 3.8) is 0 Å². The van der Waals surface area contributed by atoms with E-state index in [9.17, 15) is 9.59 Å². The van der Waals surface area contributed by atoms with E-state index < -0.39 is 11.9 Å². The Morgan fingerprint density at radius 1 is 0.792 bits per heavy atom. The van der Waals surface area contributed by atoms with E-state index in [2.05, 4.69) is 0 Å². The SMILES string of the molecule is O=C(O)c1cc(Cl)cc(I)c1Cl.O=C(O)c1cc(Cl)cc(O)c1Cl. The summed E-state index contributed by atoms with van der Waals surface area (Å²) < 4.78 is 0.638. The molecule has 0 spiro atoms. The van der Waals surface area contributed by atoms with Gasteiger partial charge in [-0.05, 0) is 40.8 Å². The highest BCUT2D eigenvalue weighted by atomic mass is 127. The fraction of sp³-hybridized carbons (Fsp3) is 0. The molecular weight excluding hydrogens is 517 g/mol. The van der Waals surface area contributed by atoms with Gasteiger partial charge in [0.25, 0.3) is 0 Å². The molecule has 0 aliphatic rings. The molecule has 128 valence electrons. The number of aromatic hydroxyl groups is 1. The van der Waals surface area contributed by atoms with Gasteiger partial charge in [-0.3, -0.25) is 0 Å². The van der Waals surface area contributed by atoms with Crippen LogP contribution >= 0.6 is 69.0 Å². The smallest absolute Gasteiger partial charge is 0.337 e. The van der Waals surface area contributed by atoms with Crippen molar-refractivity contribution in [2.24, 2.45) is 0 Å². The Hall–Kier alpha value is -0.930. The average Bonchev–Trinajstić information content (AvgIpc) is 2.46. The van der Waals surface area contributed by atoms with Gasteiger partial charge in [-0.1, -0.05) is 46.4 Å². The third-order valence-electron chi connectivity index (χ3n) is 2.47. The summed E-state index contributed by atoms with van der Waals surface area (Å²) in [7, 11) is 0. The first-order valence-corrected chi connectivity index (χ1v) is 8.42. The molecule has 0 heterocycles. The summed E-state index contributed by atoms with van der Waals surface area (Å²) in [5.41, 5.74) is -0.171. The molecule has 0 aromatic heterocycles. The summed E-state index contributed by atoms with van der Waals surface area (Å²) in [6.07, 6.45) is 0.